The molecule has 2 heteroatoms. The summed E-state index contributed by atoms with van der Waals surface area (Å²) in [6.07, 6.45) is 1.24. The molecule has 0 aliphatic carbocycles. The lowest BCUT2D eigenvalue weighted by Gasteiger charge is -2.19. The fraction of sp³-hybridized carbons (Fsp3) is 0.571. The Bertz CT molecular complexity index is 332. The third-order valence-electron chi connectivity index (χ3n) is 2.83. The van der Waals surface area contributed by atoms with Crippen LogP contribution in [0, 0.1) is 12.8 Å². The van der Waals surface area contributed by atoms with Gasteiger partial charge in [-0.3, -0.25) is 0 Å². The Morgan fingerprint density at radius 3 is 2.62 bits per heavy atom. The van der Waals surface area contributed by atoms with Gasteiger partial charge in [-0.2, -0.15) is 0 Å². The van der Waals surface area contributed by atoms with Crippen LogP contribution in [0.25, 0.3) is 0 Å². The minimum absolute atomic E-state index is 0.761. The molecule has 2 nitrogen and oxygen atoms in total. The summed E-state index contributed by atoms with van der Waals surface area (Å²) in [4.78, 5) is 2.34. The second kappa shape index (κ2) is 5.90. The predicted molar refractivity (Wildman–Crippen MR) is 71.4 cm³/mol. The van der Waals surface area contributed by atoms with E-state index in [9.17, 15) is 0 Å². The van der Waals surface area contributed by atoms with Crippen molar-refractivity contribution in [3.05, 3.63) is 29.3 Å². The lowest BCUT2D eigenvalue weighted by molar-refractivity contribution is 0.304. The fourth-order valence-electron chi connectivity index (χ4n) is 1.72. The molecule has 1 rings (SSSR count). The van der Waals surface area contributed by atoms with Crippen LogP contribution in [0.5, 0.6) is 0 Å². The van der Waals surface area contributed by atoms with Crippen molar-refractivity contribution in [3.8, 4) is 0 Å². The van der Waals surface area contributed by atoms with E-state index in [-0.39, 0.29) is 0 Å². The molecule has 0 bridgehead atoms. The summed E-state index contributed by atoms with van der Waals surface area (Å²) in [6, 6.07) is 6.25. The summed E-state index contributed by atoms with van der Waals surface area (Å²) >= 11 is 0. The Morgan fingerprint density at radius 2 is 2.00 bits per heavy atom. The van der Waals surface area contributed by atoms with E-state index in [1.807, 2.05) is 6.07 Å². The zero-order valence-electron chi connectivity index (χ0n) is 11.0. The number of nitrogens with zero attached hydrogens (tertiary/aromatic N) is 1. The van der Waals surface area contributed by atoms with Crippen molar-refractivity contribution >= 4 is 5.69 Å². The predicted octanol–water partition coefficient (Wildman–Crippen LogP) is 3.06. The first-order valence-electron chi connectivity index (χ1n) is 6.02. The molecule has 0 amide bonds. The van der Waals surface area contributed by atoms with E-state index in [0.29, 0.717) is 0 Å². The summed E-state index contributed by atoms with van der Waals surface area (Å²) in [7, 11) is 2.16. The maximum Gasteiger partial charge on any atom is 0.0359 e. The molecular weight excluding hydrogens is 196 g/mol. The number of nitrogen functional groups attached to an aromatic ring is 1. The third-order valence-corrected chi connectivity index (χ3v) is 2.83. The van der Waals surface area contributed by atoms with Crippen molar-refractivity contribution in [1.82, 2.24) is 4.90 Å². The van der Waals surface area contributed by atoms with Crippen molar-refractivity contribution in [3.63, 3.8) is 0 Å². The highest BCUT2D eigenvalue weighted by molar-refractivity contribution is 5.48. The third kappa shape index (κ3) is 4.23. The van der Waals surface area contributed by atoms with Crippen LogP contribution in [0.1, 0.15) is 31.4 Å². The van der Waals surface area contributed by atoms with Gasteiger partial charge in [-0.1, -0.05) is 31.5 Å². The molecule has 0 unspecified atom stereocenters. The van der Waals surface area contributed by atoms with Gasteiger partial charge < -0.3 is 10.6 Å². The maximum atomic E-state index is 5.97. The van der Waals surface area contributed by atoms with Crippen LogP contribution >= 0.6 is 0 Å². The maximum absolute atomic E-state index is 5.97. The second-order valence-electron chi connectivity index (χ2n) is 5.12. The molecule has 0 aromatic heterocycles. The van der Waals surface area contributed by atoms with Crippen molar-refractivity contribution in [1.29, 1.82) is 0 Å². The van der Waals surface area contributed by atoms with E-state index in [1.54, 1.807) is 0 Å². The summed E-state index contributed by atoms with van der Waals surface area (Å²) in [5.74, 6) is 0.761. The fourth-order valence-corrected chi connectivity index (χ4v) is 1.72. The van der Waals surface area contributed by atoms with Gasteiger partial charge in [0.25, 0.3) is 0 Å². The zero-order chi connectivity index (χ0) is 12.1. The van der Waals surface area contributed by atoms with Gasteiger partial charge in [-0.05, 0) is 44.5 Å². The van der Waals surface area contributed by atoms with Crippen LogP contribution < -0.4 is 5.73 Å². The molecule has 2 N–H and O–H groups in total. The Morgan fingerprint density at radius 1 is 1.31 bits per heavy atom. The Hall–Kier alpha value is -1.02. The summed E-state index contributed by atoms with van der Waals surface area (Å²) in [6.45, 7) is 8.70. The Balaban J connectivity index is 2.55. The lowest BCUT2D eigenvalue weighted by Crippen LogP contribution is -2.21. The molecule has 0 aliphatic rings. The average Bonchev–Trinajstić information content (AvgIpc) is 2.20. The van der Waals surface area contributed by atoms with E-state index in [2.05, 4.69) is 44.9 Å². The first-order valence-corrected chi connectivity index (χ1v) is 6.02. The van der Waals surface area contributed by atoms with Gasteiger partial charge in [0, 0.05) is 12.2 Å². The number of nitrogens with two attached hydrogens (primary N) is 1. The van der Waals surface area contributed by atoms with E-state index in [1.165, 1.54) is 17.5 Å². The van der Waals surface area contributed by atoms with Gasteiger partial charge in [0.2, 0.25) is 0 Å². The standard InChI is InChI=1S/C14H24N2/c1-11(2)7-8-16(4)10-13-9-12(3)5-6-14(13)15/h5-6,9,11H,7-8,10,15H2,1-4H3. The van der Waals surface area contributed by atoms with Crippen molar-refractivity contribution in [2.75, 3.05) is 19.3 Å². The molecule has 0 spiro atoms. The normalized spacial score (nSPS) is 11.4. The molecular formula is C14H24N2. The molecule has 0 saturated heterocycles. The smallest absolute Gasteiger partial charge is 0.0359 e. The highest BCUT2D eigenvalue weighted by Crippen LogP contribution is 2.15. The molecule has 0 atom stereocenters. The summed E-state index contributed by atoms with van der Waals surface area (Å²) < 4.78 is 0. The number of hydrogen-bond acceptors (Lipinski definition) is 2. The van der Waals surface area contributed by atoms with E-state index in [4.69, 9.17) is 5.73 Å². The number of anilines is 1. The number of benzene rings is 1. The van der Waals surface area contributed by atoms with Crippen LogP contribution in [-0.4, -0.2) is 18.5 Å². The van der Waals surface area contributed by atoms with Gasteiger partial charge in [-0.15, -0.1) is 0 Å². The Kier molecular flexibility index (Phi) is 4.81. The quantitative estimate of drug-likeness (QED) is 0.773. The van der Waals surface area contributed by atoms with Crippen molar-refractivity contribution < 1.29 is 0 Å². The highest BCUT2D eigenvalue weighted by atomic mass is 15.1. The monoisotopic (exact) mass is 220 g/mol. The number of rotatable bonds is 5. The molecule has 0 fully saturated rings. The van der Waals surface area contributed by atoms with Crippen LogP contribution in [0.2, 0.25) is 0 Å². The zero-order valence-corrected chi connectivity index (χ0v) is 11.0. The molecule has 90 valence electrons. The van der Waals surface area contributed by atoms with Gasteiger partial charge in [0.05, 0.1) is 0 Å². The number of aryl methyl sites for hydroxylation is 1. The molecule has 1 aromatic rings. The van der Waals surface area contributed by atoms with E-state index in [0.717, 1.165) is 24.7 Å². The molecule has 0 heterocycles. The minimum Gasteiger partial charge on any atom is -0.398 e. The molecule has 16 heavy (non-hydrogen) atoms. The van der Waals surface area contributed by atoms with Gasteiger partial charge in [-0.25, -0.2) is 0 Å². The summed E-state index contributed by atoms with van der Waals surface area (Å²) in [5, 5.41) is 0. The minimum atomic E-state index is 0.761. The SMILES string of the molecule is Cc1ccc(N)c(CN(C)CCC(C)C)c1. The lowest BCUT2D eigenvalue weighted by atomic mass is 10.1. The second-order valence-corrected chi connectivity index (χ2v) is 5.12. The first kappa shape index (κ1) is 13.0. The summed E-state index contributed by atoms with van der Waals surface area (Å²) in [5.41, 5.74) is 9.39. The van der Waals surface area contributed by atoms with E-state index >= 15 is 0 Å². The van der Waals surface area contributed by atoms with Gasteiger partial charge in [0.1, 0.15) is 0 Å². The Labute approximate surface area is 99.5 Å². The van der Waals surface area contributed by atoms with Crippen LogP contribution in [0.3, 0.4) is 0 Å². The van der Waals surface area contributed by atoms with Crippen LogP contribution in [-0.2, 0) is 6.54 Å². The molecule has 0 aliphatic heterocycles. The molecule has 0 saturated carbocycles. The topological polar surface area (TPSA) is 29.3 Å². The van der Waals surface area contributed by atoms with Gasteiger partial charge >= 0.3 is 0 Å². The van der Waals surface area contributed by atoms with Crippen LogP contribution in [0.4, 0.5) is 5.69 Å². The van der Waals surface area contributed by atoms with E-state index < -0.39 is 0 Å². The van der Waals surface area contributed by atoms with Crippen molar-refractivity contribution in [2.45, 2.75) is 33.7 Å². The number of hydrogen-bond donors (Lipinski definition) is 1. The molecule has 0 radical (unpaired) electrons. The van der Waals surface area contributed by atoms with Crippen molar-refractivity contribution in [2.24, 2.45) is 5.92 Å². The highest BCUT2D eigenvalue weighted by Gasteiger charge is 2.05. The largest absolute Gasteiger partial charge is 0.398 e. The van der Waals surface area contributed by atoms with Crippen LogP contribution in [0.15, 0.2) is 18.2 Å². The first-order chi connectivity index (χ1) is 7.49. The average molecular weight is 220 g/mol. The van der Waals surface area contributed by atoms with Gasteiger partial charge in [0.15, 0.2) is 0 Å². The molecule has 1 aromatic carbocycles.